The minimum absolute atomic E-state index is 0.764. The number of hydrogen-bond acceptors (Lipinski definition) is 2. The van der Waals surface area contributed by atoms with E-state index in [0.29, 0.717) is 0 Å². The van der Waals surface area contributed by atoms with Gasteiger partial charge in [0.05, 0.1) is 5.00 Å². The van der Waals surface area contributed by atoms with E-state index in [2.05, 4.69) is 12.2 Å². The van der Waals surface area contributed by atoms with Crippen molar-refractivity contribution in [2.45, 2.75) is 0 Å². The smallest absolute Gasteiger partial charge is 0.0882 e. The Morgan fingerprint density at radius 1 is 1.75 bits per heavy atom. The summed E-state index contributed by atoms with van der Waals surface area (Å²) < 4.78 is 0. The first-order valence-electron chi connectivity index (χ1n) is 2.50. The SMILES string of the molecule is [CH2]CNc1cccs1. The van der Waals surface area contributed by atoms with Gasteiger partial charge >= 0.3 is 0 Å². The summed E-state index contributed by atoms with van der Waals surface area (Å²) in [4.78, 5) is 0. The van der Waals surface area contributed by atoms with Crippen LogP contribution in [0, 0.1) is 6.92 Å². The molecule has 0 fully saturated rings. The van der Waals surface area contributed by atoms with Gasteiger partial charge in [0.2, 0.25) is 0 Å². The average Bonchev–Trinajstić information content (AvgIpc) is 2.19. The number of anilines is 1. The Labute approximate surface area is 53.4 Å². The quantitative estimate of drug-likeness (QED) is 0.639. The summed E-state index contributed by atoms with van der Waals surface area (Å²) >= 11 is 1.70. The second-order valence-corrected chi connectivity index (χ2v) is 2.35. The van der Waals surface area contributed by atoms with Crippen LogP contribution < -0.4 is 5.32 Å². The van der Waals surface area contributed by atoms with Crippen LogP contribution in [0.15, 0.2) is 17.5 Å². The standard InChI is InChI=1S/C6H8NS/c1-2-7-6-4-3-5-8-6/h3-5,7H,1-2H2. The van der Waals surface area contributed by atoms with Gasteiger partial charge in [0, 0.05) is 6.54 Å². The summed E-state index contributed by atoms with van der Waals surface area (Å²) in [6, 6.07) is 4.05. The molecule has 0 amide bonds. The molecule has 0 atom stereocenters. The summed E-state index contributed by atoms with van der Waals surface area (Å²) in [5.74, 6) is 0. The second-order valence-electron chi connectivity index (χ2n) is 1.40. The third-order valence-electron chi connectivity index (χ3n) is 0.820. The normalized spacial score (nSPS) is 9.12. The summed E-state index contributed by atoms with van der Waals surface area (Å²) in [6.07, 6.45) is 0. The number of hydrogen-bond donors (Lipinski definition) is 1. The molecule has 0 aromatic carbocycles. The maximum atomic E-state index is 3.66. The van der Waals surface area contributed by atoms with Gasteiger partial charge in [-0.1, -0.05) is 0 Å². The Morgan fingerprint density at radius 2 is 2.62 bits per heavy atom. The van der Waals surface area contributed by atoms with E-state index in [1.54, 1.807) is 11.3 Å². The third kappa shape index (κ3) is 1.23. The van der Waals surface area contributed by atoms with Crippen molar-refractivity contribution in [3.63, 3.8) is 0 Å². The topological polar surface area (TPSA) is 12.0 Å². The van der Waals surface area contributed by atoms with Crippen molar-refractivity contribution in [2.24, 2.45) is 0 Å². The Kier molecular flexibility index (Phi) is 1.92. The van der Waals surface area contributed by atoms with Crippen LogP contribution in [0.3, 0.4) is 0 Å². The molecule has 1 radical (unpaired) electrons. The molecule has 1 aromatic rings. The highest BCUT2D eigenvalue weighted by atomic mass is 32.1. The van der Waals surface area contributed by atoms with Crippen LogP contribution in [0.1, 0.15) is 0 Å². The van der Waals surface area contributed by atoms with E-state index in [9.17, 15) is 0 Å². The van der Waals surface area contributed by atoms with E-state index in [1.165, 1.54) is 5.00 Å². The van der Waals surface area contributed by atoms with E-state index in [-0.39, 0.29) is 0 Å². The molecular formula is C6H8NS. The van der Waals surface area contributed by atoms with Crippen molar-refractivity contribution >= 4 is 16.3 Å². The molecule has 0 unspecified atom stereocenters. The fourth-order valence-electron chi connectivity index (χ4n) is 0.502. The predicted molar refractivity (Wildman–Crippen MR) is 38.2 cm³/mol. The minimum atomic E-state index is 0.764. The zero-order valence-electron chi connectivity index (χ0n) is 4.55. The van der Waals surface area contributed by atoms with Gasteiger partial charge in [-0.3, -0.25) is 0 Å². The lowest BCUT2D eigenvalue weighted by molar-refractivity contribution is 1.37. The maximum Gasteiger partial charge on any atom is 0.0882 e. The lowest BCUT2D eigenvalue weighted by atomic mass is 10.6. The summed E-state index contributed by atoms with van der Waals surface area (Å²) in [6.45, 7) is 4.42. The molecule has 43 valence electrons. The van der Waals surface area contributed by atoms with E-state index >= 15 is 0 Å². The fourth-order valence-corrected chi connectivity index (χ4v) is 1.15. The van der Waals surface area contributed by atoms with Crippen molar-refractivity contribution in [2.75, 3.05) is 11.9 Å². The van der Waals surface area contributed by atoms with Gasteiger partial charge in [0.1, 0.15) is 0 Å². The number of rotatable bonds is 2. The molecule has 0 saturated carbocycles. The molecule has 0 bridgehead atoms. The zero-order chi connectivity index (χ0) is 5.82. The highest BCUT2D eigenvalue weighted by Crippen LogP contribution is 2.13. The first kappa shape index (κ1) is 5.63. The summed E-state index contributed by atoms with van der Waals surface area (Å²) in [5.41, 5.74) is 0. The maximum absolute atomic E-state index is 3.66. The van der Waals surface area contributed by atoms with Crippen LogP contribution >= 0.6 is 11.3 Å². The number of thiophene rings is 1. The molecule has 2 heteroatoms. The van der Waals surface area contributed by atoms with Gasteiger partial charge in [-0.2, -0.15) is 0 Å². The molecule has 1 rings (SSSR count). The zero-order valence-corrected chi connectivity index (χ0v) is 5.37. The predicted octanol–water partition coefficient (Wildman–Crippen LogP) is 1.99. The first-order valence-corrected chi connectivity index (χ1v) is 3.38. The molecule has 8 heavy (non-hydrogen) atoms. The molecule has 0 aliphatic heterocycles. The van der Waals surface area contributed by atoms with Crippen molar-refractivity contribution in [3.8, 4) is 0 Å². The van der Waals surface area contributed by atoms with Crippen molar-refractivity contribution in [3.05, 3.63) is 24.4 Å². The molecule has 0 saturated heterocycles. The van der Waals surface area contributed by atoms with Crippen molar-refractivity contribution in [1.82, 2.24) is 0 Å². The van der Waals surface area contributed by atoms with Gasteiger partial charge < -0.3 is 5.32 Å². The minimum Gasteiger partial charge on any atom is -0.377 e. The molecule has 0 spiro atoms. The molecule has 0 aliphatic rings. The molecule has 0 aliphatic carbocycles. The first-order chi connectivity index (χ1) is 3.93. The van der Waals surface area contributed by atoms with E-state index in [4.69, 9.17) is 0 Å². The van der Waals surface area contributed by atoms with Crippen LogP contribution in [0.4, 0.5) is 5.00 Å². The second kappa shape index (κ2) is 2.72. The van der Waals surface area contributed by atoms with Crippen LogP contribution in [0.25, 0.3) is 0 Å². The molecule has 1 heterocycles. The molecular weight excluding hydrogens is 118 g/mol. The van der Waals surface area contributed by atoms with Crippen molar-refractivity contribution < 1.29 is 0 Å². The monoisotopic (exact) mass is 126 g/mol. The Bertz CT molecular complexity index is 134. The Balaban J connectivity index is 2.50. The van der Waals surface area contributed by atoms with Gasteiger partial charge in [-0.25, -0.2) is 0 Å². The van der Waals surface area contributed by atoms with Gasteiger partial charge in [0.25, 0.3) is 0 Å². The summed E-state index contributed by atoms with van der Waals surface area (Å²) in [7, 11) is 0. The highest BCUT2D eigenvalue weighted by molar-refractivity contribution is 7.14. The fraction of sp³-hybridized carbons (Fsp3) is 0.167. The molecule has 1 aromatic heterocycles. The van der Waals surface area contributed by atoms with E-state index in [0.717, 1.165) is 6.54 Å². The van der Waals surface area contributed by atoms with Gasteiger partial charge in [0.15, 0.2) is 0 Å². The molecule has 1 N–H and O–H groups in total. The lowest BCUT2D eigenvalue weighted by Gasteiger charge is -1.93. The third-order valence-corrected chi connectivity index (χ3v) is 1.65. The Morgan fingerprint density at radius 3 is 3.12 bits per heavy atom. The van der Waals surface area contributed by atoms with Crippen molar-refractivity contribution in [1.29, 1.82) is 0 Å². The van der Waals surface area contributed by atoms with E-state index < -0.39 is 0 Å². The Hall–Kier alpha value is -0.500. The van der Waals surface area contributed by atoms with Crippen LogP contribution in [-0.4, -0.2) is 6.54 Å². The van der Waals surface area contributed by atoms with Gasteiger partial charge in [-0.15, -0.1) is 11.3 Å². The largest absolute Gasteiger partial charge is 0.377 e. The van der Waals surface area contributed by atoms with E-state index in [1.807, 2.05) is 17.5 Å². The summed E-state index contributed by atoms with van der Waals surface area (Å²) in [5, 5.41) is 6.33. The lowest BCUT2D eigenvalue weighted by Crippen LogP contribution is -1.92. The molecule has 1 nitrogen and oxygen atoms in total. The van der Waals surface area contributed by atoms with Crippen LogP contribution in [-0.2, 0) is 0 Å². The average molecular weight is 126 g/mol. The highest BCUT2D eigenvalue weighted by Gasteiger charge is 1.84. The van der Waals surface area contributed by atoms with Crippen LogP contribution in [0.5, 0.6) is 0 Å². The number of nitrogens with one attached hydrogen (secondary N) is 1. The van der Waals surface area contributed by atoms with Crippen LogP contribution in [0.2, 0.25) is 0 Å². The van der Waals surface area contributed by atoms with Gasteiger partial charge in [-0.05, 0) is 24.4 Å².